The van der Waals surface area contributed by atoms with E-state index in [1.54, 1.807) is 30.3 Å². The van der Waals surface area contributed by atoms with E-state index in [4.69, 9.17) is 0 Å². The average Bonchev–Trinajstić information content (AvgIpc) is 3.30. The topological polar surface area (TPSA) is 104 Å². The zero-order chi connectivity index (χ0) is 23.0. The Balaban J connectivity index is 1.62. The van der Waals surface area contributed by atoms with Crippen LogP contribution in [0.5, 0.6) is 0 Å². The molecule has 0 aliphatic carbocycles. The van der Waals surface area contributed by atoms with Crippen LogP contribution in [0.4, 0.5) is 5.69 Å². The van der Waals surface area contributed by atoms with Crippen LogP contribution in [0.15, 0.2) is 70.9 Å². The number of rotatable bonds is 10. The summed E-state index contributed by atoms with van der Waals surface area (Å²) in [5.74, 6) is -0.444. The van der Waals surface area contributed by atoms with Crippen molar-refractivity contribution < 1.29 is 18.0 Å². The fraction of sp³-hybridized carbons (Fsp3) is 0.217. The van der Waals surface area contributed by atoms with Crippen molar-refractivity contribution in [3.63, 3.8) is 0 Å². The largest absolute Gasteiger partial charge is 0.348 e. The van der Waals surface area contributed by atoms with Crippen molar-refractivity contribution in [3.8, 4) is 0 Å². The summed E-state index contributed by atoms with van der Waals surface area (Å²) in [6, 6.07) is 16.8. The first-order valence-corrected chi connectivity index (χ1v) is 12.5. The standard InChI is InChI=1S/C23H25N3O4S2/c1-2-6-22(27)26-19-9-3-7-17(13-19)15-24-23(28)18-8-4-11-21(14-18)32(29,30)25-16-20-10-5-12-31-20/h3-5,7-14,25H,2,6,15-16H2,1H3,(H,24,28)(H,26,27). The van der Waals surface area contributed by atoms with Crippen LogP contribution in [0.3, 0.4) is 0 Å². The third-order valence-electron chi connectivity index (χ3n) is 4.56. The molecule has 0 aliphatic rings. The molecule has 1 heterocycles. The number of hydrogen-bond donors (Lipinski definition) is 3. The Kier molecular flexibility index (Phi) is 8.15. The van der Waals surface area contributed by atoms with Crippen molar-refractivity contribution in [3.05, 3.63) is 82.0 Å². The highest BCUT2D eigenvalue weighted by Gasteiger charge is 2.16. The number of carbonyl (C=O) groups excluding carboxylic acids is 2. The normalized spacial score (nSPS) is 11.2. The van der Waals surface area contributed by atoms with Crippen LogP contribution in [0.1, 0.15) is 40.6 Å². The quantitative estimate of drug-likeness (QED) is 0.417. The number of sulfonamides is 1. The van der Waals surface area contributed by atoms with Crippen LogP contribution < -0.4 is 15.4 Å². The van der Waals surface area contributed by atoms with Gasteiger partial charge in [0.15, 0.2) is 0 Å². The molecule has 2 amide bonds. The van der Waals surface area contributed by atoms with Crippen LogP contribution in [-0.4, -0.2) is 20.2 Å². The molecule has 0 spiro atoms. The molecule has 0 atom stereocenters. The monoisotopic (exact) mass is 471 g/mol. The number of hydrogen-bond acceptors (Lipinski definition) is 5. The van der Waals surface area contributed by atoms with Crippen LogP contribution in [0, 0.1) is 0 Å². The second kappa shape index (κ2) is 11.0. The summed E-state index contributed by atoms with van der Waals surface area (Å²) in [5.41, 5.74) is 1.73. The van der Waals surface area contributed by atoms with E-state index in [0.29, 0.717) is 12.1 Å². The third kappa shape index (κ3) is 6.74. The van der Waals surface area contributed by atoms with Gasteiger partial charge >= 0.3 is 0 Å². The van der Waals surface area contributed by atoms with Gasteiger partial charge in [0, 0.05) is 35.6 Å². The Morgan fingerprint density at radius 3 is 2.53 bits per heavy atom. The maximum atomic E-state index is 12.6. The van der Waals surface area contributed by atoms with E-state index in [1.807, 2.05) is 30.5 Å². The highest BCUT2D eigenvalue weighted by atomic mass is 32.2. The number of carbonyl (C=O) groups is 2. The maximum absolute atomic E-state index is 12.6. The third-order valence-corrected chi connectivity index (χ3v) is 6.84. The molecule has 168 valence electrons. The lowest BCUT2D eigenvalue weighted by atomic mass is 10.1. The first-order chi connectivity index (χ1) is 15.4. The molecular formula is C23H25N3O4S2. The average molecular weight is 472 g/mol. The molecule has 0 fully saturated rings. The molecule has 1 aromatic heterocycles. The molecule has 32 heavy (non-hydrogen) atoms. The number of amides is 2. The van der Waals surface area contributed by atoms with Crippen molar-refractivity contribution in [1.82, 2.24) is 10.0 Å². The Morgan fingerprint density at radius 2 is 1.78 bits per heavy atom. The Hall–Kier alpha value is -3.01. The molecule has 3 aromatic rings. The lowest BCUT2D eigenvalue weighted by molar-refractivity contribution is -0.116. The fourth-order valence-electron chi connectivity index (χ4n) is 2.96. The van der Waals surface area contributed by atoms with Crippen LogP contribution in [-0.2, 0) is 27.9 Å². The fourth-order valence-corrected chi connectivity index (χ4v) is 4.75. The molecule has 2 aromatic carbocycles. The Bertz CT molecular complexity index is 1180. The molecule has 0 radical (unpaired) electrons. The van der Waals surface area contributed by atoms with Gasteiger partial charge in [-0.2, -0.15) is 0 Å². The van der Waals surface area contributed by atoms with E-state index in [-0.39, 0.29) is 35.4 Å². The molecule has 0 aliphatic heterocycles. The molecule has 3 N–H and O–H groups in total. The van der Waals surface area contributed by atoms with E-state index in [9.17, 15) is 18.0 Å². The van der Waals surface area contributed by atoms with Gasteiger partial charge in [-0.15, -0.1) is 11.3 Å². The molecule has 0 unspecified atom stereocenters. The Labute approximate surface area is 191 Å². The lowest BCUT2D eigenvalue weighted by Crippen LogP contribution is -2.25. The summed E-state index contributed by atoms with van der Waals surface area (Å²) in [5, 5.41) is 7.49. The van der Waals surface area contributed by atoms with Crippen molar-refractivity contribution >= 4 is 38.9 Å². The molecule has 0 bridgehead atoms. The number of anilines is 1. The van der Waals surface area contributed by atoms with E-state index in [0.717, 1.165) is 16.9 Å². The zero-order valence-corrected chi connectivity index (χ0v) is 19.3. The summed E-state index contributed by atoms with van der Waals surface area (Å²) in [6.45, 7) is 2.37. The van der Waals surface area contributed by atoms with Crippen molar-refractivity contribution in [2.24, 2.45) is 0 Å². The van der Waals surface area contributed by atoms with Crippen molar-refractivity contribution in [1.29, 1.82) is 0 Å². The minimum atomic E-state index is -3.75. The zero-order valence-electron chi connectivity index (χ0n) is 17.6. The summed E-state index contributed by atoms with van der Waals surface area (Å²) < 4.78 is 27.7. The van der Waals surface area contributed by atoms with Gasteiger partial charge in [-0.25, -0.2) is 13.1 Å². The molecule has 9 heteroatoms. The van der Waals surface area contributed by atoms with Gasteiger partial charge in [0.2, 0.25) is 15.9 Å². The predicted octanol–water partition coefficient (Wildman–Crippen LogP) is 3.90. The maximum Gasteiger partial charge on any atom is 0.251 e. The Morgan fingerprint density at radius 1 is 0.969 bits per heavy atom. The molecule has 3 rings (SSSR count). The van der Waals surface area contributed by atoms with E-state index in [2.05, 4.69) is 15.4 Å². The highest BCUT2D eigenvalue weighted by Crippen LogP contribution is 2.15. The highest BCUT2D eigenvalue weighted by molar-refractivity contribution is 7.89. The van der Waals surface area contributed by atoms with E-state index >= 15 is 0 Å². The van der Waals surface area contributed by atoms with Gasteiger partial charge < -0.3 is 10.6 Å². The number of thiophene rings is 1. The summed E-state index contributed by atoms with van der Waals surface area (Å²) in [7, 11) is -3.75. The minimum absolute atomic E-state index is 0.0299. The first-order valence-electron chi connectivity index (χ1n) is 10.2. The van der Waals surface area contributed by atoms with Gasteiger partial charge in [-0.1, -0.05) is 31.2 Å². The molecule has 0 saturated carbocycles. The molecular weight excluding hydrogens is 446 g/mol. The second-order valence-electron chi connectivity index (χ2n) is 7.11. The molecule has 7 nitrogen and oxygen atoms in total. The second-order valence-corrected chi connectivity index (χ2v) is 9.91. The van der Waals surface area contributed by atoms with Crippen molar-refractivity contribution in [2.75, 3.05) is 5.32 Å². The number of benzene rings is 2. The summed E-state index contributed by atoms with van der Waals surface area (Å²) in [6.07, 6.45) is 1.21. The SMILES string of the molecule is CCCC(=O)Nc1cccc(CNC(=O)c2cccc(S(=O)(=O)NCc3cccs3)c2)c1. The van der Waals surface area contributed by atoms with Crippen LogP contribution in [0.2, 0.25) is 0 Å². The summed E-state index contributed by atoms with van der Waals surface area (Å²) in [4.78, 5) is 25.3. The smallest absolute Gasteiger partial charge is 0.251 e. The number of nitrogens with one attached hydrogen (secondary N) is 3. The molecule has 0 saturated heterocycles. The van der Waals surface area contributed by atoms with Gasteiger partial charge in [-0.3, -0.25) is 9.59 Å². The van der Waals surface area contributed by atoms with Crippen LogP contribution >= 0.6 is 11.3 Å². The predicted molar refractivity (Wildman–Crippen MR) is 126 cm³/mol. The van der Waals surface area contributed by atoms with E-state index in [1.165, 1.54) is 23.5 Å². The van der Waals surface area contributed by atoms with Gasteiger partial charge in [0.1, 0.15) is 0 Å². The lowest BCUT2D eigenvalue weighted by Gasteiger charge is -2.10. The van der Waals surface area contributed by atoms with E-state index < -0.39 is 10.0 Å². The summed E-state index contributed by atoms with van der Waals surface area (Å²) >= 11 is 1.46. The minimum Gasteiger partial charge on any atom is -0.348 e. The van der Waals surface area contributed by atoms with Gasteiger partial charge in [0.05, 0.1) is 4.90 Å². The van der Waals surface area contributed by atoms with Crippen molar-refractivity contribution in [2.45, 2.75) is 37.8 Å². The first kappa shape index (κ1) is 23.6. The van der Waals surface area contributed by atoms with Gasteiger partial charge in [-0.05, 0) is 53.8 Å². The van der Waals surface area contributed by atoms with Crippen LogP contribution in [0.25, 0.3) is 0 Å². The van der Waals surface area contributed by atoms with Gasteiger partial charge in [0.25, 0.3) is 5.91 Å².